The summed E-state index contributed by atoms with van der Waals surface area (Å²) in [5.74, 6) is -1.64. The second kappa shape index (κ2) is 3.87. The molecular weight excluding hydrogens is 186 g/mol. The first-order valence-electron chi connectivity index (χ1n) is 3.84. The van der Waals surface area contributed by atoms with Crippen LogP contribution in [-0.4, -0.2) is 29.1 Å². The number of carboxylic acids is 1. The molecule has 1 rings (SSSR count). The Hall–Kier alpha value is -1.91. The molecule has 0 amide bonds. The zero-order valence-corrected chi connectivity index (χ0v) is 7.77. The number of pyridine rings is 1. The van der Waals surface area contributed by atoms with Gasteiger partial charge in [0, 0.05) is 6.20 Å². The van der Waals surface area contributed by atoms with Crippen LogP contribution >= 0.6 is 0 Å². The molecule has 0 aliphatic rings. The van der Waals surface area contributed by atoms with E-state index in [1.54, 1.807) is 6.92 Å². The van der Waals surface area contributed by atoms with E-state index < -0.39 is 11.9 Å². The fourth-order valence-corrected chi connectivity index (χ4v) is 1.03. The van der Waals surface area contributed by atoms with Crippen molar-refractivity contribution in [2.24, 2.45) is 0 Å². The summed E-state index contributed by atoms with van der Waals surface area (Å²) >= 11 is 0. The van der Waals surface area contributed by atoms with Crippen molar-refractivity contribution < 1.29 is 19.4 Å². The standard InChI is InChI=1S/C9H9NO4/c1-5-3-6(9(13)14-2)4-10-7(5)8(11)12/h3-4H,1-2H3,(H,11,12). The van der Waals surface area contributed by atoms with Crippen LogP contribution in [0.15, 0.2) is 12.3 Å². The zero-order chi connectivity index (χ0) is 10.7. The van der Waals surface area contributed by atoms with E-state index in [1.807, 2.05) is 0 Å². The average molecular weight is 195 g/mol. The van der Waals surface area contributed by atoms with E-state index >= 15 is 0 Å². The van der Waals surface area contributed by atoms with Gasteiger partial charge in [-0.05, 0) is 18.6 Å². The van der Waals surface area contributed by atoms with Crippen molar-refractivity contribution >= 4 is 11.9 Å². The summed E-state index contributed by atoms with van der Waals surface area (Å²) in [6.07, 6.45) is 1.18. The number of hydrogen-bond donors (Lipinski definition) is 1. The van der Waals surface area contributed by atoms with Crippen LogP contribution in [0.1, 0.15) is 26.4 Å². The van der Waals surface area contributed by atoms with Gasteiger partial charge in [-0.2, -0.15) is 0 Å². The van der Waals surface area contributed by atoms with Crippen molar-refractivity contribution in [2.45, 2.75) is 6.92 Å². The molecule has 0 aliphatic heterocycles. The lowest BCUT2D eigenvalue weighted by Crippen LogP contribution is -2.07. The molecule has 1 N–H and O–H groups in total. The van der Waals surface area contributed by atoms with E-state index in [0.29, 0.717) is 5.56 Å². The van der Waals surface area contributed by atoms with E-state index in [4.69, 9.17) is 5.11 Å². The number of aromatic nitrogens is 1. The predicted molar refractivity (Wildman–Crippen MR) is 47.3 cm³/mol. The second-order valence-corrected chi connectivity index (χ2v) is 2.69. The first-order valence-corrected chi connectivity index (χ1v) is 3.84. The number of aryl methyl sites for hydroxylation is 1. The number of hydrogen-bond acceptors (Lipinski definition) is 4. The molecule has 0 saturated carbocycles. The molecule has 0 spiro atoms. The summed E-state index contributed by atoms with van der Waals surface area (Å²) < 4.78 is 4.47. The van der Waals surface area contributed by atoms with Crippen LogP contribution in [0.2, 0.25) is 0 Å². The van der Waals surface area contributed by atoms with Gasteiger partial charge in [0.1, 0.15) is 0 Å². The number of aromatic carboxylic acids is 1. The lowest BCUT2D eigenvalue weighted by molar-refractivity contribution is 0.0597. The van der Waals surface area contributed by atoms with Gasteiger partial charge in [-0.1, -0.05) is 0 Å². The maximum absolute atomic E-state index is 11.0. The van der Waals surface area contributed by atoms with E-state index in [2.05, 4.69) is 9.72 Å². The monoisotopic (exact) mass is 195 g/mol. The summed E-state index contributed by atoms with van der Waals surface area (Å²) in [5.41, 5.74) is 0.619. The van der Waals surface area contributed by atoms with Crippen molar-refractivity contribution in [3.05, 3.63) is 29.1 Å². The molecule has 0 bridgehead atoms. The Morgan fingerprint density at radius 2 is 2.14 bits per heavy atom. The van der Waals surface area contributed by atoms with E-state index in [9.17, 15) is 9.59 Å². The molecule has 0 atom stereocenters. The molecule has 5 heteroatoms. The van der Waals surface area contributed by atoms with Crippen molar-refractivity contribution in [1.29, 1.82) is 0 Å². The van der Waals surface area contributed by atoms with Crippen molar-refractivity contribution in [2.75, 3.05) is 7.11 Å². The van der Waals surface area contributed by atoms with Gasteiger partial charge in [0.05, 0.1) is 12.7 Å². The molecule has 1 aromatic rings. The number of carboxylic acid groups (broad SMARTS) is 1. The molecule has 5 nitrogen and oxygen atoms in total. The lowest BCUT2D eigenvalue weighted by Gasteiger charge is -2.02. The highest BCUT2D eigenvalue weighted by Crippen LogP contribution is 2.08. The molecule has 0 saturated heterocycles. The fourth-order valence-electron chi connectivity index (χ4n) is 1.03. The molecule has 0 unspecified atom stereocenters. The van der Waals surface area contributed by atoms with E-state index in [-0.39, 0.29) is 11.3 Å². The summed E-state index contributed by atoms with van der Waals surface area (Å²) in [5, 5.41) is 8.67. The topological polar surface area (TPSA) is 76.5 Å². The van der Waals surface area contributed by atoms with Gasteiger partial charge in [0.2, 0.25) is 0 Å². The van der Waals surface area contributed by atoms with Crippen LogP contribution in [0.3, 0.4) is 0 Å². The van der Waals surface area contributed by atoms with Crippen LogP contribution in [0.4, 0.5) is 0 Å². The molecule has 1 heterocycles. The molecule has 1 aromatic heterocycles. The quantitative estimate of drug-likeness (QED) is 0.708. The molecule has 0 radical (unpaired) electrons. The first-order chi connectivity index (χ1) is 6.56. The van der Waals surface area contributed by atoms with Gasteiger partial charge in [-0.25, -0.2) is 14.6 Å². The molecule has 0 aliphatic carbocycles. The van der Waals surface area contributed by atoms with Gasteiger partial charge in [0.25, 0.3) is 0 Å². The van der Waals surface area contributed by atoms with Gasteiger partial charge < -0.3 is 9.84 Å². The number of rotatable bonds is 2. The Labute approximate surface area is 80.3 Å². The third-order valence-electron chi connectivity index (χ3n) is 1.70. The van der Waals surface area contributed by atoms with E-state index in [0.717, 1.165) is 0 Å². The minimum atomic E-state index is -1.11. The van der Waals surface area contributed by atoms with Crippen LogP contribution in [0, 0.1) is 6.92 Å². The summed E-state index contributed by atoms with van der Waals surface area (Å²) in [6.45, 7) is 1.57. The van der Waals surface area contributed by atoms with Crippen molar-refractivity contribution in [1.82, 2.24) is 4.98 Å². The zero-order valence-electron chi connectivity index (χ0n) is 7.77. The highest BCUT2D eigenvalue weighted by Gasteiger charge is 2.12. The number of esters is 1. The Kier molecular flexibility index (Phi) is 2.81. The van der Waals surface area contributed by atoms with Gasteiger partial charge in [-0.3, -0.25) is 0 Å². The van der Waals surface area contributed by atoms with Crippen LogP contribution in [0.5, 0.6) is 0 Å². The third-order valence-corrected chi connectivity index (χ3v) is 1.70. The van der Waals surface area contributed by atoms with Crippen LogP contribution in [-0.2, 0) is 4.74 Å². The number of carbonyl (C=O) groups is 2. The van der Waals surface area contributed by atoms with Gasteiger partial charge in [-0.15, -0.1) is 0 Å². The number of nitrogens with zero attached hydrogens (tertiary/aromatic N) is 1. The fraction of sp³-hybridized carbons (Fsp3) is 0.222. The number of methoxy groups -OCH3 is 1. The minimum absolute atomic E-state index is 0.0577. The Bertz CT molecular complexity index is 386. The number of carbonyl (C=O) groups excluding carboxylic acids is 1. The van der Waals surface area contributed by atoms with Crippen LogP contribution in [0.25, 0.3) is 0 Å². The average Bonchev–Trinajstić information content (AvgIpc) is 2.15. The summed E-state index contributed by atoms with van der Waals surface area (Å²) in [7, 11) is 1.25. The SMILES string of the molecule is COC(=O)c1cnc(C(=O)O)c(C)c1. The molecule has 14 heavy (non-hydrogen) atoms. The first kappa shape index (κ1) is 10.2. The van der Waals surface area contributed by atoms with Crippen LogP contribution < -0.4 is 0 Å². The van der Waals surface area contributed by atoms with Gasteiger partial charge in [0.15, 0.2) is 5.69 Å². The number of ether oxygens (including phenoxy) is 1. The van der Waals surface area contributed by atoms with E-state index in [1.165, 1.54) is 19.4 Å². The highest BCUT2D eigenvalue weighted by atomic mass is 16.5. The second-order valence-electron chi connectivity index (χ2n) is 2.69. The Balaban J connectivity index is 3.12. The van der Waals surface area contributed by atoms with Gasteiger partial charge >= 0.3 is 11.9 Å². The van der Waals surface area contributed by atoms with Crippen molar-refractivity contribution in [3.8, 4) is 0 Å². The lowest BCUT2D eigenvalue weighted by atomic mass is 10.1. The molecular formula is C9H9NO4. The summed E-state index contributed by atoms with van der Waals surface area (Å²) in [6, 6.07) is 1.43. The summed E-state index contributed by atoms with van der Waals surface area (Å²) in [4.78, 5) is 25.3. The predicted octanol–water partition coefficient (Wildman–Crippen LogP) is 0.875. The highest BCUT2D eigenvalue weighted by molar-refractivity contribution is 5.92. The Morgan fingerprint density at radius 3 is 2.57 bits per heavy atom. The Morgan fingerprint density at radius 1 is 1.50 bits per heavy atom. The molecule has 74 valence electrons. The van der Waals surface area contributed by atoms with Crippen molar-refractivity contribution in [3.63, 3.8) is 0 Å². The minimum Gasteiger partial charge on any atom is -0.477 e. The third kappa shape index (κ3) is 1.87. The smallest absolute Gasteiger partial charge is 0.354 e. The molecule has 0 fully saturated rings. The largest absolute Gasteiger partial charge is 0.477 e. The molecule has 0 aromatic carbocycles. The normalized spacial score (nSPS) is 9.57. The maximum atomic E-state index is 11.0. The maximum Gasteiger partial charge on any atom is 0.354 e.